The van der Waals surface area contributed by atoms with E-state index in [1.165, 1.54) is 31.9 Å². The number of unbranched alkanes of at least 4 members (excludes halogenated alkanes) is 5. The molecule has 1 aliphatic rings. The third kappa shape index (κ3) is 8.38. The number of aldehydes is 1. The molecule has 0 saturated carbocycles. The predicted molar refractivity (Wildman–Crippen MR) is 127 cm³/mol. The number of hydrogen-bond donors (Lipinski definition) is 2. The first-order chi connectivity index (χ1) is 15.9. The maximum atomic E-state index is 11.0. The largest absolute Gasteiger partial charge is 0.497 e. The first kappa shape index (κ1) is 26.7. The van der Waals surface area contributed by atoms with Crippen LogP contribution in [0.5, 0.6) is 5.75 Å². The van der Waals surface area contributed by atoms with E-state index in [9.17, 15) is 15.2 Å². The minimum atomic E-state index is -0.838. The summed E-state index contributed by atoms with van der Waals surface area (Å²) in [7, 11) is 0. The lowest BCUT2D eigenvalue weighted by atomic mass is 9.86. The Hall–Kier alpha value is -2.56. The van der Waals surface area contributed by atoms with Gasteiger partial charge in [-0.15, -0.1) is 0 Å². The van der Waals surface area contributed by atoms with Crippen LogP contribution in [0.25, 0.3) is 0 Å². The molecule has 0 bridgehead atoms. The van der Waals surface area contributed by atoms with E-state index in [1.807, 2.05) is 13.8 Å². The van der Waals surface area contributed by atoms with Gasteiger partial charge in [0.25, 0.3) is 0 Å². The highest BCUT2D eigenvalue weighted by atomic mass is 16.5. The van der Waals surface area contributed by atoms with Crippen molar-refractivity contribution in [2.75, 3.05) is 19.8 Å². The van der Waals surface area contributed by atoms with Crippen LogP contribution in [0.15, 0.2) is 30.2 Å². The van der Waals surface area contributed by atoms with Crippen molar-refractivity contribution in [3.05, 3.63) is 41.3 Å². The van der Waals surface area contributed by atoms with Crippen molar-refractivity contribution >= 4 is 6.29 Å². The fourth-order valence-electron chi connectivity index (χ4n) is 3.78. The van der Waals surface area contributed by atoms with Crippen molar-refractivity contribution in [2.24, 2.45) is 0 Å². The molecule has 0 fully saturated rings. The predicted octanol–water partition coefficient (Wildman–Crippen LogP) is 4.54. The van der Waals surface area contributed by atoms with Gasteiger partial charge in [-0.1, -0.05) is 39.0 Å². The lowest BCUT2D eigenvalue weighted by molar-refractivity contribution is -0.108. The summed E-state index contributed by atoms with van der Waals surface area (Å²) in [6, 6.07) is 6.91. The van der Waals surface area contributed by atoms with Gasteiger partial charge in [0.1, 0.15) is 35.8 Å². The molecule has 182 valence electrons. The molecule has 0 aromatic heterocycles. The number of aliphatic hydroxyl groups excluding tert-OH is 1. The Morgan fingerprint density at radius 3 is 2.73 bits per heavy atom. The van der Waals surface area contributed by atoms with E-state index in [0.29, 0.717) is 36.6 Å². The standard InChI is InChI=1S/C26H38N2O5/c1-4-5-6-7-8-9-15-32-21(19-31-14-10-13-29)18-28-24-22-16-20(17-27)11-12-23(22)33-26(2,3)25(24)30/h11-13,16,19,24-25,28,30H,4-10,14-15,18H2,1-3H3/b21-19-. The van der Waals surface area contributed by atoms with Gasteiger partial charge < -0.3 is 29.4 Å². The second-order valence-electron chi connectivity index (χ2n) is 8.90. The molecule has 1 aromatic carbocycles. The van der Waals surface area contributed by atoms with Gasteiger partial charge >= 0.3 is 0 Å². The third-order valence-corrected chi connectivity index (χ3v) is 5.72. The first-order valence-corrected chi connectivity index (χ1v) is 11.9. The minimum absolute atomic E-state index is 0.286. The molecular weight excluding hydrogens is 420 g/mol. The van der Waals surface area contributed by atoms with Crippen molar-refractivity contribution in [2.45, 2.75) is 83.5 Å². The quantitative estimate of drug-likeness (QED) is 0.226. The van der Waals surface area contributed by atoms with E-state index in [1.54, 1.807) is 18.2 Å². The van der Waals surface area contributed by atoms with Crippen LogP contribution in [0.3, 0.4) is 0 Å². The number of hydrogen-bond acceptors (Lipinski definition) is 7. The number of ether oxygens (including phenoxy) is 3. The van der Waals surface area contributed by atoms with Gasteiger partial charge in [0.05, 0.1) is 37.4 Å². The summed E-state index contributed by atoms with van der Waals surface area (Å²) in [5.74, 6) is 1.24. The van der Waals surface area contributed by atoms with Gasteiger partial charge in [0.15, 0.2) is 0 Å². The Morgan fingerprint density at radius 2 is 2.00 bits per heavy atom. The average molecular weight is 459 g/mol. The summed E-state index contributed by atoms with van der Waals surface area (Å²) in [4.78, 5) is 10.6. The molecule has 0 spiro atoms. The highest BCUT2D eigenvalue weighted by molar-refractivity contribution is 5.49. The molecule has 0 amide bonds. The Bertz CT molecular complexity index is 815. The van der Waals surface area contributed by atoms with Gasteiger partial charge in [-0.25, -0.2) is 0 Å². The zero-order valence-electron chi connectivity index (χ0n) is 20.1. The zero-order chi connectivity index (χ0) is 24.1. The summed E-state index contributed by atoms with van der Waals surface area (Å²) in [5, 5.41) is 23.6. The van der Waals surface area contributed by atoms with Crippen LogP contribution in [-0.4, -0.2) is 42.9 Å². The third-order valence-electron chi connectivity index (χ3n) is 5.72. The molecule has 2 atom stereocenters. The number of benzene rings is 1. The minimum Gasteiger partial charge on any atom is -0.497 e. The van der Waals surface area contributed by atoms with Crippen molar-refractivity contribution in [3.63, 3.8) is 0 Å². The second kappa shape index (κ2) is 13.9. The molecule has 2 rings (SSSR count). The van der Waals surface area contributed by atoms with Crippen LogP contribution in [0.1, 0.15) is 82.9 Å². The lowest BCUT2D eigenvalue weighted by Gasteiger charge is -2.42. The van der Waals surface area contributed by atoms with E-state index in [-0.39, 0.29) is 6.61 Å². The Labute approximate surface area is 197 Å². The molecule has 2 N–H and O–H groups in total. The Balaban J connectivity index is 2.04. The van der Waals surface area contributed by atoms with Crippen LogP contribution in [0.4, 0.5) is 0 Å². The zero-order valence-corrected chi connectivity index (χ0v) is 20.1. The first-order valence-electron chi connectivity index (χ1n) is 11.9. The molecule has 33 heavy (non-hydrogen) atoms. The monoisotopic (exact) mass is 458 g/mol. The average Bonchev–Trinajstić information content (AvgIpc) is 2.80. The molecular formula is C26H38N2O5. The van der Waals surface area contributed by atoms with Crippen molar-refractivity contribution in [1.82, 2.24) is 5.32 Å². The molecule has 1 heterocycles. The number of nitrogens with one attached hydrogen (secondary N) is 1. The highest BCUT2D eigenvalue weighted by Gasteiger charge is 2.42. The number of nitriles is 1. The molecule has 7 heteroatoms. The van der Waals surface area contributed by atoms with E-state index in [4.69, 9.17) is 14.2 Å². The van der Waals surface area contributed by atoms with Crippen LogP contribution in [-0.2, 0) is 14.3 Å². The maximum absolute atomic E-state index is 11.0. The van der Waals surface area contributed by atoms with Gasteiger partial charge in [-0.2, -0.15) is 5.26 Å². The summed E-state index contributed by atoms with van der Waals surface area (Å²) in [6.45, 7) is 7.06. The fourth-order valence-corrected chi connectivity index (χ4v) is 3.78. The number of aliphatic hydroxyl groups is 1. The van der Waals surface area contributed by atoms with Crippen LogP contribution < -0.4 is 10.1 Å². The maximum Gasteiger partial charge on any atom is 0.144 e. The van der Waals surface area contributed by atoms with Gasteiger partial charge in [0, 0.05) is 12.0 Å². The smallest absolute Gasteiger partial charge is 0.144 e. The summed E-state index contributed by atoms with van der Waals surface area (Å²) >= 11 is 0. The fraction of sp³-hybridized carbons (Fsp3) is 0.615. The number of nitrogens with zero attached hydrogens (tertiary/aromatic N) is 1. The second-order valence-corrected chi connectivity index (χ2v) is 8.90. The highest BCUT2D eigenvalue weighted by Crippen LogP contribution is 2.40. The summed E-state index contributed by atoms with van der Waals surface area (Å²) in [6.07, 6.45) is 8.83. The Kier molecular flexibility index (Phi) is 11.2. The van der Waals surface area contributed by atoms with Crippen molar-refractivity contribution in [1.29, 1.82) is 5.26 Å². The lowest BCUT2D eigenvalue weighted by Crippen LogP contribution is -2.52. The van der Waals surface area contributed by atoms with Crippen molar-refractivity contribution < 1.29 is 24.1 Å². The number of fused-ring (bicyclic) bond motifs is 1. The van der Waals surface area contributed by atoms with Gasteiger partial charge in [0.2, 0.25) is 0 Å². The summed E-state index contributed by atoms with van der Waals surface area (Å²) in [5.41, 5.74) is 0.434. The molecule has 2 unspecified atom stereocenters. The van der Waals surface area contributed by atoms with Crippen LogP contribution in [0.2, 0.25) is 0 Å². The SMILES string of the molecule is CCCCCCCCO/C(=C\OCCC=O)CNC1c2cc(C#N)ccc2OC(C)(C)C1O. The summed E-state index contributed by atoms with van der Waals surface area (Å²) < 4.78 is 17.4. The van der Waals surface area contributed by atoms with Crippen LogP contribution in [0, 0.1) is 11.3 Å². The molecule has 1 aromatic rings. The molecule has 7 nitrogen and oxygen atoms in total. The molecule has 0 saturated heterocycles. The normalized spacial score (nSPS) is 19.2. The molecule has 0 aliphatic carbocycles. The van der Waals surface area contributed by atoms with E-state index in [2.05, 4.69) is 18.3 Å². The van der Waals surface area contributed by atoms with E-state index < -0.39 is 17.7 Å². The van der Waals surface area contributed by atoms with Crippen LogP contribution >= 0.6 is 0 Å². The molecule has 1 aliphatic heterocycles. The van der Waals surface area contributed by atoms with E-state index >= 15 is 0 Å². The number of carbonyl (C=O) groups is 1. The molecule has 0 radical (unpaired) electrons. The van der Waals surface area contributed by atoms with Gasteiger partial charge in [-0.3, -0.25) is 0 Å². The van der Waals surface area contributed by atoms with Crippen molar-refractivity contribution in [3.8, 4) is 11.8 Å². The van der Waals surface area contributed by atoms with Gasteiger partial charge in [-0.05, 0) is 38.5 Å². The van der Waals surface area contributed by atoms with E-state index in [0.717, 1.165) is 24.7 Å². The Morgan fingerprint density at radius 1 is 1.24 bits per heavy atom. The number of rotatable bonds is 15. The topological polar surface area (TPSA) is 101 Å². The number of carbonyl (C=O) groups excluding carboxylic acids is 1.